The smallest absolute Gasteiger partial charge is 0.472 e. The van der Waals surface area contributed by atoms with Gasteiger partial charge in [-0.15, -0.1) is 0 Å². The Bertz CT molecular complexity index is 528. The van der Waals surface area contributed by atoms with E-state index < -0.39 is 26.6 Å². The molecule has 112 valence electrons. The maximum atomic E-state index is 10.6. The monoisotopic (exact) mass is 307 g/mol. The third-order valence-electron chi connectivity index (χ3n) is 2.23. The van der Waals surface area contributed by atoms with E-state index in [1.807, 2.05) is 0 Å². The topological polar surface area (TPSA) is 160 Å². The average molecular weight is 307 g/mol. The van der Waals surface area contributed by atoms with Crippen molar-refractivity contribution in [2.75, 3.05) is 6.79 Å². The van der Waals surface area contributed by atoms with Crippen molar-refractivity contribution in [3.05, 3.63) is 23.8 Å². The molecule has 0 aliphatic carbocycles. The summed E-state index contributed by atoms with van der Waals surface area (Å²) < 4.78 is 19.3. The number of benzene rings is 1. The fraction of sp³-hybridized carbons (Fsp3) is 0.300. The van der Waals surface area contributed by atoms with Gasteiger partial charge in [-0.1, -0.05) is 6.07 Å². The number of carboxylic acid groups (broad SMARTS) is 1. The van der Waals surface area contributed by atoms with Crippen molar-refractivity contribution in [1.29, 1.82) is 0 Å². The summed E-state index contributed by atoms with van der Waals surface area (Å²) in [4.78, 5) is 27.6. The largest absolute Gasteiger partial charge is 0.504 e. The molecule has 1 unspecified atom stereocenters. The fourth-order valence-corrected chi connectivity index (χ4v) is 1.49. The molecule has 0 radical (unpaired) electrons. The van der Waals surface area contributed by atoms with Crippen molar-refractivity contribution in [2.24, 2.45) is 5.73 Å². The van der Waals surface area contributed by atoms with Crippen LogP contribution in [0.15, 0.2) is 18.2 Å². The molecule has 0 fully saturated rings. The summed E-state index contributed by atoms with van der Waals surface area (Å²) in [7, 11) is -4.67. The lowest BCUT2D eigenvalue weighted by atomic mass is 10.1. The first-order valence-electron chi connectivity index (χ1n) is 5.32. The minimum absolute atomic E-state index is 0.00528. The number of carbonyl (C=O) groups is 1. The van der Waals surface area contributed by atoms with Gasteiger partial charge < -0.3 is 30.5 Å². The Morgan fingerprint density at radius 2 is 2.05 bits per heavy atom. The Hall–Kier alpha value is -1.64. The number of phenolic OH excluding ortho intramolecular Hbond substituents is 1. The van der Waals surface area contributed by atoms with Crippen molar-refractivity contribution in [3.63, 3.8) is 0 Å². The highest BCUT2D eigenvalue weighted by Crippen LogP contribution is 2.36. The zero-order chi connectivity index (χ0) is 15.3. The number of rotatable bonds is 7. The van der Waals surface area contributed by atoms with E-state index in [4.69, 9.17) is 25.4 Å². The number of hydrogen-bond donors (Lipinski definition) is 5. The number of aromatic hydroxyl groups is 1. The lowest BCUT2D eigenvalue weighted by Gasteiger charge is -2.11. The molecule has 1 aromatic carbocycles. The number of ether oxygens (including phenoxy) is 1. The van der Waals surface area contributed by atoms with Crippen LogP contribution in [0, 0.1) is 0 Å². The summed E-state index contributed by atoms with van der Waals surface area (Å²) in [6.07, 6.45) is 0.00528. The molecule has 1 rings (SSSR count). The molecule has 0 aromatic heterocycles. The molecule has 9 nitrogen and oxygen atoms in total. The lowest BCUT2D eigenvalue weighted by molar-refractivity contribution is -0.138. The molecule has 0 heterocycles. The number of phosphoric acid groups is 1. The van der Waals surface area contributed by atoms with Gasteiger partial charge in [0.05, 0.1) is 0 Å². The molecule has 1 atom stereocenters. The van der Waals surface area contributed by atoms with Crippen molar-refractivity contribution < 1.29 is 38.6 Å². The van der Waals surface area contributed by atoms with Crippen LogP contribution in [0.3, 0.4) is 0 Å². The van der Waals surface area contributed by atoms with Crippen LogP contribution in [0.1, 0.15) is 5.56 Å². The standard InChI is InChI=1S/C10H14NO8P/c11-7(10(13)14)3-6-1-2-8(12)9(4-6)18-5-19-20(15,16)17/h1-2,4,7,12H,3,5,11H2,(H,13,14)(H2,15,16,17). The highest BCUT2D eigenvalue weighted by atomic mass is 31.2. The van der Waals surface area contributed by atoms with E-state index >= 15 is 0 Å². The van der Waals surface area contributed by atoms with Gasteiger partial charge in [0.25, 0.3) is 0 Å². The molecule has 1 aromatic rings. The Morgan fingerprint density at radius 3 is 2.60 bits per heavy atom. The minimum Gasteiger partial charge on any atom is -0.504 e. The van der Waals surface area contributed by atoms with E-state index in [0.717, 1.165) is 0 Å². The highest BCUT2D eigenvalue weighted by Gasteiger charge is 2.16. The number of aliphatic carboxylic acids is 1. The number of phenols is 1. The van der Waals surface area contributed by atoms with Gasteiger partial charge in [0, 0.05) is 0 Å². The first-order valence-corrected chi connectivity index (χ1v) is 6.85. The van der Waals surface area contributed by atoms with Gasteiger partial charge in [0.2, 0.25) is 6.79 Å². The molecule has 0 bridgehead atoms. The van der Waals surface area contributed by atoms with Crippen molar-refractivity contribution >= 4 is 13.8 Å². The van der Waals surface area contributed by atoms with E-state index in [0.29, 0.717) is 5.56 Å². The highest BCUT2D eigenvalue weighted by molar-refractivity contribution is 7.46. The van der Waals surface area contributed by atoms with Crippen molar-refractivity contribution in [3.8, 4) is 11.5 Å². The van der Waals surface area contributed by atoms with Gasteiger partial charge in [-0.25, -0.2) is 9.09 Å². The number of nitrogens with two attached hydrogens (primary N) is 1. The molecule has 0 saturated heterocycles. The van der Waals surface area contributed by atoms with Crippen LogP contribution in [-0.2, 0) is 20.3 Å². The molecule has 10 heteroatoms. The molecule has 0 amide bonds. The predicted octanol–water partition coefficient (Wildman–Crippen LogP) is -0.208. The fourth-order valence-electron chi connectivity index (χ4n) is 1.30. The van der Waals surface area contributed by atoms with Crippen LogP contribution in [0.5, 0.6) is 11.5 Å². The summed E-state index contributed by atoms with van der Waals surface area (Å²) in [6, 6.07) is 2.89. The zero-order valence-corrected chi connectivity index (χ0v) is 11.1. The number of hydrogen-bond acceptors (Lipinski definition) is 6. The second kappa shape index (κ2) is 6.69. The normalized spacial score (nSPS) is 12.9. The molecule has 0 aliphatic rings. The Labute approximate surface area is 113 Å². The molecule has 0 aliphatic heterocycles. The third-order valence-corrected chi connectivity index (χ3v) is 2.67. The second-order valence-corrected chi connectivity index (χ2v) is 5.07. The van der Waals surface area contributed by atoms with E-state index in [1.165, 1.54) is 18.2 Å². The van der Waals surface area contributed by atoms with Crippen molar-refractivity contribution in [2.45, 2.75) is 12.5 Å². The number of carboxylic acids is 1. The van der Waals surface area contributed by atoms with Gasteiger partial charge in [0.1, 0.15) is 6.04 Å². The Balaban J connectivity index is 2.71. The van der Waals surface area contributed by atoms with Gasteiger partial charge in [-0.3, -0.25) is 4.79 Å². The quantitative estimate of drug-likeness (QED) is 0.339. The zero-order valence-electron chi connectivity index (χ0n) is 10.2. The van der Waals surface area contributed by atoms with Crippen LogP contribution in [0.4, 0.5) is 0 Å². The minimum atomic E-state index is -4.67. The summed E-state index contributed by atoms with van der Waals surface area (Å²) in [5.41, 5.74) is 5.84. The first-order chi connectivity index (χ1) is 9.19. The molecule has 6 N–H and O–H groups in total. The predicted molar refractivity (Wildman–Crippen MR) is 66.0 cm³/mol. The Morgan fingerprint density at radius 1 is 1.40 bits per heavy atom. The van der Waals surface area contributed by atoms with Gasteiger partial charge in [-0.2, -0.15) is 0 Å². The SMILES string of the molecule is NC(Cc1ccc(O)c(OCOP(=O)(O)O)c1)C(=O)O. The second-order valence-electron chi connectivity index (χ2n) is 3.83. The van der Waals surface area contributed by atoms with E-state index in [2.05, 4.69) is 4.52 Å². The molecule has 20 heavy (non-hydrogen) atoms. The average Bonchev–Trinajstić information content (AvgIpc) is 2.31. The van der Waals surface area contributed by atoms with E-state index in [1.54, 1.807) is 0 Å². The van der Waals surface area contributed by atoms with E-state index in [9.17, 15) is 14.5 Å². The summed E-state index contributed by atoms with van der Waals surface area (Å²) in [5, 5.41) is 18.2. The maximum absolute atomic E-state index is 10.6. The lowest BCUT2D eigenvalue weighted by Crippen LogP contribution is -2.32. The first kappa shape index (κ1) is 16.4. The number of phosphoric ester groups is 1. The maximum Gasteiger partial charge on any atom is 0.472 e. The van der Waals surface area contributed by atoms with Crippen LogP contribution < -0.4 is 10.5 Å². The van der Waals surface area contributed by atoms with Crippen molar-refractivity contribution in [1.82, 2.24) is 0 Å². The van der Waals surface area contributed by atoms with Gasteiger partial charge >= 0.3 is 13.8 Å². The molecular weight excluding hydrogens is 293 g/mol. The molecular formula is C10H14NO8P. The van der Waals surface area contributed by atoms with Crippen LogP contribution in [0.2, 0.25) is 0 Å². The Kier molecular flexibility index (Phi) is 5.49. The molecule has 0 spiro atoms. The summed E-state index contributed by atoms with van der Waals surface area (Å²) in [6.45, 7) is -0.772. The van der Waals surface area contributed by atoms with Gasteiger partial charge in [0.15, 0.2) is 11.5 Å². The van der Waals surface area contributed by atoms with Crippen LogP contribution in [0.25, 0.3) is 0 Å². The van der Waals surface area contributed by atoms with E-state index in [-0.39, 0.29) is 17.9 Å². The molecule has 0 saturated carbocycles. The van der Waals surface area contributed by atoms with Crippen LogP contribution >= 0.6 is 7.82 Å². The van der Waals surface area contributed by atoms with Crippen LogP contribution in [-0.4, -0.2) is 38.8 Å². The summed E-state index contributed by atoms with van der Waals surface area (Å²) in [5.74, 6) is -1.56. The summed E-state index contributed by atoms with van der Waals surface area (Å²) >= 11 is 0. The van der Waals surface area contributed by atoms with Gasteiger partial charge in [-0.05, 0) is 24.1 Å². The third kappa shape index (κ3) is 5.55.